The number of methoxy groups -OCH3 is 1. The van der Waals surface area contributed by atoms with E-state index in [2.05, 4.69) is 16.1 Å². The molecule has 0 fully saturated rings. The van der Waals surface area contributed by atoms with Crippen molar-refractivity contribution in [1.82, 2.24) is 10.0 Å². The van der Waals surface area contributed by atoms with Crippen molar-refractivity contribution < 1.29 is 17.5 Å². The van der Waals surface area contributed by atoms with Crippen molar-refractivity contribution in [3.05, 3.63) is 59.4 Å². The highest BCUT2D eigenvalue weighted by molar-refractivity contribution is 7.89. The number of benzene rings is 2. The van der Waals surface area contributed by atoms with E-state index in [1.54, 1.807) is 0 Å². The first-order valence-electron chi connectivity index (χ1n) is 7.65. The number of ether oxygens (including phenoxy) is 1. The van der Waals surface area contributed by atoms with Crippen molar-refractivity contribution >= 4 is 22.4 Å². The second-order valence-corrected chi connectivity index (χ2v) is 7.37. The number of nitrogens with one attached hydrogen (secondary N) is 2. The lowest BCUT2D eigenvalue weighted by molar-refractivity contribution is 0.385. The Balaban J connectivity index is 0.00000225. The largest absolute Gasteiger partial charge is 0.494 e. The SMILES string of the molecule is COc1ccc(S(=O)(=O)NCC2NCCc3ccccc32)cc1F.Cl. The fourth-order valence-corrected chi connectivity index (χ4v) is 3.92. The number of hydrogen-bond donors (Lipinski definition) is 2. The maximum absolute atomic E-state index is 13.7. The molecule has 0 radical (unpaired) electrons. The van der Waals surface area contributed by atoms with Gasteiger partial charge < -0.3 is 10.1 Å². The molecule has 5 nitrogen and oxygen atoms in total. The number of hydrogen-bond acceptors (Lipinski definition) is 4. The van der Waals surface area contributed by atoms with Gasteiger partial charge in [-0.2, -0.15) is 0 Å². The van der Waals surface area contributed by atoms with Crippen LogP contribution in [0.4, 0.5) is 4.39 Å². The third-order valence-electron chi connectivity index (χ3n) is 4.13. The molecule has 2 aromatic carbocycles. The lowest BCUT2D eigenvalue weighted by Crippen LogP contribution is -2.38. The van der Waals surface area contributed by atoms with Crippen LogP contribution < -0.4 is 14.8 Å². The topological polar surface area (TPSA) is 67.4 Å². The number of sulfonamides is 1. The molecular formula is C17H20ClFN2O3S. The molecule has 1 aliphatic heterocycles. The molecule has 0 saturated heterocycles. The highest BCUT2D eigenvalue weighted by Crippen LogP contribution is 2.23. The Labute approximate surface area is 153 Å². The summed E-state index contributed by atoms with van der Waals surface area (Å²) in [4.78, 5) is -0.120. The molecule has 0 aliphatic carbocycles. The van der Waals surface area contributed by atoms with Gasteiger partial charge >= 0.3 is 0 Å². The van der Waals surface area contributed by atoms with Gasteiger partial charge in [0.2, 0.25) is 10.0 Å². The summed E-state index contributed by atoms with van der Waals surface area (Å²) in [6, 6.07) is 11.4. The van der Waals surface area contributed by atoms with Crippen LogP contribution in [-0.2, 0) is 16.4 Å². The van der Waals surface area contributed by atoms with Gasteiger partial charge in [-0.15, -0.1) is 12.4 Å². The Kier molecular flexibility index (Phi) is 6.40. The molecule has 0 aromatic heterocycles. The molecule has 0 amide bonds. The van der Waals surface area contributed by atoms with Crippen LogP contribution in [-0.4, -0.2) is 28.6 Å². The van der Waals surface area contributed by atoms with E-state index in [1.165, 1.54) is 24.8 Å². The van der Waals surface area contributed by atoms with Crippen molar-refractivity contribution in [2.75, 3.05) is 20.2 Å². The summed E-state index contributed by atoms with van der Waals surface area (Å²) < 4.78 is 45.9. The van der Waals surface area contributed by atoms with Gasteiger partial charge in [0.05, 0.1) is 12.0 Å². The van der Waals surface area contributed by atoms with E-state index in [0.29, 0.717) is 0 Å². The predicted octanol–water partition coefficient (Wildman–Crippen LogP) is 2.42. The lowest BCUT2D eigenvalue weighted by atomic mass is 9.95. The standard InChI is InChI=1S/C17H19FN2O3S.ClH/c1-23-17-7-6-13(10-15(17)18)24(21,22)20-11-16-14-5-3-2-4-12(14)8-9-19-16;/h2-7,10,16,19-20H,8-9,11H2,1H3;1H. The molecule has 2 N–H and O–H groups in total. The Morgan fingerprint density at radius 2 is 2.04 bits per heavy atom. The molecule has 25 heavy (non-hydrogen) atoms. The first kappa shape index (κ1) is 19.7. The molecule has 0 spiro atoms. The van der Waals surface area contributed by atoms with Gasteiger partial charge in [-0.05, 0) is 42.3 Å². The molecule has 1 atom stereocenters. The Hall–Kier alpha value is -1.67. The first-order valence-corrected chi connectivity index (χ1v) is 9.14. The maximum Gasteiger partial charge on any atom is 0.240 e. The van der Waals surface area contributed by atoms with E-state index < -0.39 is 15.8 Å². The molecule has 0 saturated carbocycles. The molecule has 3 rings (SSSR count). The van der Waals surface area contributed by atoms with E-state index in [1.807, 2.05) is 18.2 Å². The van der Waals surface area contributed by atoms with Crippen molar-refractivity contribution in [2.24, 2.45) is 0 Å². The maximum atomic E-state index is 13.7. The number of halogens is 2. The van der Waals surface area contributed by atoms with Crippen molar-refractivity contribution in [2.45, 2.75) is 17.4 Å². The zero-order valence-electron chi connectivity index (χ0n) is 13.7. The Morgan fingerprint density at radius 3 is 2.76 bits per heavy atom. The average molecular weight is 387 g/mol. The van der Waals surface area contributed by atoms with Gasteiger partial charge in [-0.25, -0.2) is 17.5 Å². The molecule has 1 heterocycles. The summed E-state index contributed by atoms with van der Waals surface area (Å²) >= 11 is 0. The predicted molar refractivity (Wildman–Crippen MR) is 96.3 cm³/mol. The van der Waals surface area contributed by atoms with E-state index >= 15 is 0 Å². The fraction of sp³-hybridized carbons (Fsp3) is 0.294. The summed E-state index contributed by atoms with van der Waals surface area (Å²) in [5.41, 5.74) is 2.31. The third-order valence-corrected chi connectivity index (χ3v) is 5.55. The summed E-state index contributed by atoms with van der Waals surface area (Å²) in [5.74, 6) is -0.696. The van der Waals surface area contributed by atoms with Gasteiger partial charge in [0.25, 0.3) is 0 Å². The van der Waals surface area contributed by atoms with Crippen LogP contribution in [0.5, 0.6) is 5.75 Å². The highest BCUT2D eigenvalue weighted by atomic mass is 35.5. The van der Waals surface area contributed by atoms with Crippen molar-refractivity contribution in [3.8, 4) is 5.75 Å². The summed E-state index contributed by atoms with van der Waals surface area (Å²) in [6.45, 7) is 0.994. The minimum atomic E-state index is -3.80. The van der Waals surface area contributed by atoms with Gasteiger partial charge in [0, 0.05) is 12.6 Å². The fourth-order valence-electron chi connectivity index (χ4n) is 2.87. The quantitative estimate of drug-likeness (QED) is 0.828. The summed E-state index contributed by atoms with van der Waals surface area (Å²) in [5, 5.41) is 3.31. The minimum Gasteiger partial charge on any atom is -0.494 e. The second-order valence-electron chi connectivity index (χ2n) is 5.60. The zero-order chi connectivity index (χ0) is 17.2. The van der Waals surface area contributed by atoms with Gasteiger partial charge in [-0.1, -0.05) is 24.3 Å². The number of fused-ring (bicyclic) bond motifs is 1. The first-order chi connectivity index (χ1) is 11.5. The normalized spacial score (nSPS) is 16.6. The van der Waals surface area contributed by atoms with E-state index in [0.717, 1.165) is 24.6 Å². The van der Waals surface area contributed by atoms with Crippen LogP contribution in [0.1, 0.15) is 17.2 Å². The molecule has 0 bridgehead atoms. The van der Waals surface area contributed by atoms with Crippen LogP contribution in [0.15, 0.2) is 47.4 Å². The van der Waals surface area contributed by atoms with Crippen molar-refractivity contribution in [3.63, 3.8) is 0 Å². The zero-order valence-corrected chi connectivity index (χ0v) is 15.3. The minimum absolute atomic E-state index is 0. The van der Waals surface area contributed by atoms with Gasteiger partial charge in [0.1, 0.15) is 0 Å². The van der Waals surface area contributed by atoms with E-state index in [9.17, 15) is 12.8 Å². The van der Waals surface area contributed by atoms with Crippen LogP contribution in [0.2, 0.25) is 0 Å². The highest BCUT2D eigenvalue weighted by Gasteiger charge is 2.22. The Bertz CT molecular complexity index is 846. The van der Waals surface area contributed by atoms with Crippen molar-refractivity contribution in [1.29, 1.82) is 0 Å². The summed E-state index contributed by atoms with van der Waals surface area (Å²) in [7, 11) is -2.46. The van der Waals surface area contributed by atoms with Crippen LogP contribution >= 0.6 is 12.4 Å². The Morgan fingerprint density at radius 1 is 1.28 bits per heavy atom. The van der Waals surface area contributed by atoms with E-state index in [4.69, 9.17) is 4.74 Å². The molecule has 1 aliphatic rings. The van der Waals surface area contributed by atoms with Crippen LogP contribution in [0, 0.1) is 5.82 Å². The monoisotopic (exact) mass is 386 g/mol. The number of rotatable bonds is 5. The summed E-state index contributed by atoms with van der Waals surface area (Å²) in [6.07, 6.45) is 0.920. The van der Waals surface area contributed by atoms with Crippen LogP contribution in [0.3, 0.4) is 0 Å². The van der Waals surface area contributed by atoms with Gasteiger partial charge in [-0.3, -0.25) is 0 Å². The second kappa shape index (κ2) is 8.14. The lowest BCUT2D eigenvalue weighted by Gasteiger charge is -2.27. The third kappa shape index (κ3) is 4.30. The molecule has 2 aromatic rings. The molecule has 136 valence electrons. The molecule has 1 unspecified atom stereocenters. The smallest absolute Gasteiger partial charge is 0.240 e. The molecule has 8 heteroatoms. The molecular weight excluding hydrogens is 367 g/mol. The van der Waals surface area contributed by atoms with Gasteiger partial charge in [0.15, 0.2) is 11.6 Å². The average Bonchev–Trinajstić information content (AvgIpc) is 2.60. The van der Waals surface area contributed by atoms with Crippen LogP contribution in [0.25, 0.3) is 0 Å². The van der Waals surface area contributed by atoms with E-state index in [-0.39, 0.29) is 35.6 Å².